The highest BCUT2D eigenvalue weighted by molar-refractivity contribution is 6.32. The molecular weight excluding hydrogens is 422 g/mol. The van der Waals surface area contributed by atoms with Crippen LogP contribution in [0.15, 0.2) is 30.3 Å². The predicted octanol–water partition coefficient (Wildman–Crippen LogP) is 2.29. The van der Waals surface area contributed by atoms with Gasteiger partial charge in [-0.3, -0.25) is 19.7 Å². The van der Waals surface area contributed by atoms with Gasteiger partial charge < -0.3 is 20.3 Å². The van der Waals surface area contributed by atoms with Crippen LogP contribution in [-0.2, 0) is 22.7 Å². The molecule has 1 aromatic heterocycles. The molecule has 2 aliphatic heterocycles. The molecule has 3 aromatic rings. The van der Waals surface area contributed by atoms with Crippen molar-refractivity contribution in [3.63, 3.8) is 0 Å². The normalized spacial score (nSPS) is 18.4. The number of amides is 3. The van der Waals surface area contributed by atoms with E-state index in [-0.39, 0.29) is 29.0 Å². The molecule has 1 fully saturated rings. The minimum Gasteiger partial charge on any atom is -0.506 e. The molecule has 3 heterocycles. The van der Waals surface area contributed by atoms with Gasteiger partial charge in [0.1, 0.15) is 11.8 Å². The minimum atomic E-state index is -0.627. The highest BCUT2D eigenvalue weighted by Crippen LogP contribution is 2.30. The predicted molar refractivity (Wildman–Crippen MR) is 113 cm³/mol. The number of phenolic OH excluding ortho intramolecular Hbond substituents is 1. The van der Waals surface area contributed by atoms with Crippen LogP contribution in [0.4, 0.5) is 5.95 Å². The van der Waals surface area contributed by atoms with Crippen LogP contribution in [0.25, 0.3) is 11.0 Å². The quantitative estimate of drug-likeness (QED) is 0.462. The highest BCUT2D eigenvalue weighted by atomic mass is 35.5. The summed E-state index contributed by atoms with van der Waals surface area (Å²) >= 11 is 5.93. The Balaban J connectivity index is 1.30. The Kier molecular flexibility index (Phi) is 4.55. The Morgan fingerprint density at radius 2 is 2.06 bits per heavy atom. The van der Waals surface area contributed by atoms with E-state index in [9.17, 15) is 19.5 Å². The molecule has 2 aromatic carbocycles. The standard InChI is InChI=1S/C21H18ClN5O4/c22-13-6-14-15(7-17(13)28)25-21(24-14)23-8-10-1-2-12-11(5-10)9-27(20(12)31)16-3-4-18(29)26-19(16)30/h1-2,5-7,16,28H,3-4,8-9H2,(H2,23,24,25)(H,26,29,30). The van der Waals surface area contributed by atoms with Crippen molar-refractivity contribution in [3.8, 4) is 5.75 Å². The van der Waals surface area contributed by atoms with E-state index in [1.54, 1.807) is 12.1 Å². The van der Waals surface area contributed by atoms with E-state index in [0.29, 0.717) is 42.1 Å². The summed E-state index contributed by atoms with van der Waals surface area (Å²) in [5, 5.41) is 15.4. The van der Waals surface area contributed by atoms with Gasteiger partial charge in [0.2, 0.25) is 17.8 Å². The Bertz CT molecular complexity index is 1220. The summed E-state index contributed by atoms with van der Waals surface area (Å²) in [6.45, 7) is 0.788. The topological polar surface area (TPSA) is 127 Å². The minimum absolute atomic E-state index is 0.0314. The molecule has 3 amide bonds. The van der Waals surface area contributed by atoms with Gasteiger partial charge in [-0.25, -0.2) is 4.98 Å². The number of nitrogens with zero attached hydrogens (tertiary/aromatic N) is 2. The van der Waals surface area contributed by atoms with Gasteiger partial charge >= 0.3 is 0 Å². The third-order valence-electron chi connectivity index (χ3n) is 5.60. The summed E-state index contributed by atoms with van der Waals surface area (Å²) in [5.74, 6) is -0.426. The number of phenols is 1. The average molecular weight is 440 g/mol. The fourth-order valence-electron chi connectivity index (χ4n) is 4.03. The van der Waals surface area contributed by atoms with Crippen LogP contribution in [0.1, 0.15) is 34.3 Å². The van der Waals surface area contributed by atoms with Gasteiger partial charge in [0.05, 0.1) is 16.1 Å². The second-order valence-electron chi connectivity index (χ2n) is 7.65. The molecule has 158 valence electrons. The number of halogens is 1. The molecule has 1 unspecified atom stereocenters. The van der Waals surface area contributed by atoms with Crippen molar-refractivity contribution >= 4 is 46.3 Å². The second kappa shape index (κ2) is 7.28. The van der Waals surface area contributed by atoms with Crippen LogP contribution in [0, 0.1) is 0 Å². The number of hydrogen-bond acceptors (Lipinski definition) is 6. The number of aromatic hydroxyl groups is 1. The molecule has 1 atom stereocenters. The van der Waals surface area contributed by atoms with Crippen molar-refractivity contribution in [1.29, 1.82) is 0 Å². The van der Waals surface area contributed by atoms with Crippen molar-refractivity contribution in [2.45, 2.75) is 32.0 Å². The Hall–Kier alpha value is -3.59. The molecule has 31 heavy (non-hydrogen) atoms. The highest BCUT2D eigenvalue weighted by Gasteiger charge is 2.39. The molecule has 10 heteroatoms. The van der Waals surface area contributed by atoms with Gasteiger partial charge in [-0.2, -0.15) is 0 Å². The molecule has 0 bridgehead atoms. The zero-order valence-corrected chi connectivity index (χ0v) is 17.0. The maximum Gasteiger partial charge on any atom is 0.255 e. The van der Waals surface area contributed by atoms with E-state index in [4.69, 9.17) is 11.6 Å². The first-order valence-corrected chi connectivity index (χ1v) is 10.2. The number of H-pyrrole nitrogens is 1. The lowest BCUT2D eigenvalue weighted by Gasteiger charge is -2.29. The molecule has 0 saturated carbocycles. The molecule has 0 spiro atoms. The van der Waals surface area contributed by atoms with E-state index in [2.05, 4.69) is 20.6 Å². The summed E-state index contributed by atoms with van der Waals surface area (Å²) in [6.07, 6.45) is 0.566. The van der Waals surface area contributed by atoms with Gasteiger partial charge in [-0.05, 0) is 29.7 Å². The first-order chi connectivity index (χ1) is 14.9. The number of nitrogens with one attached hydrogen (secondary N) is 3. The van der Waals surface area contributed by atoms with E-state index >= 15 is 0 Å². The van der Waals surface area contributed by atoms with E-state index < -0.39 is 11.9 Å². The van der Waals surface area contributed by atoms with Crippen molar-refractivity contribution in [3.05, 3.63) is 52.0 Å². The summed E-state index contributed by atoms with van der Waals surface area (Å²) in [6, 6.07) is 8.01. The van der Waals surface area contributed by atoms with E-state index in [0.717, 1.165) is 11.1 Å². The molecule has 1 saturated heterocycles. The van der Waals surface area contributed by atoms with Gasteiger partial charge in [0.15, 0.2) is 0 Å². The first-order valence-electron chi connectivity index (χ1n) is 9.77. The molecule has 9 nitrogen and oxygen atoms in total. The lowest BCUT2D eigenvalue weighted by molar-refractivity contribution is -0.136. The monoisotopic (exact) mass is 439 g/mol. The lowest BCUT2D eigenvalue weighted by Crippen LogP contribution is -2.52. The lowest BCUT2D eigenvalue weighted by atomic mass is 10.0. The van der Waals surface area contributed by atoms with Crippen LogP contribution in [0.5, 0.6) is 5.75 Å². The number of carbonyl (C=O) groups excluding carboxylic acids is 3. The maximum absolute atomic E-state index is 12.8. The van der Waals surface area contributed by atoms with Crippen LogP contribution in [0.2, 0.25) is 5.02 Å². The molecule has 4 N–H and O–H groups in total. The number of carbonyl (C=O) groups is 3. The third kappa shape index (κ3) is 3.46. The number of imidazole rings is 1. The van der Waals surface area contributed by atoms with Gasteiger partial charge in [0.25, 0.3) is 5.91 Å². The summed E-state index contributed by atoms with van der Waals surface area (Å²) < 4.78 is 0. The molecular formula is C21H18ClN5O4. The van der Waals surface area contributed by atoms with Gasteiger partial charge in [-0.15, -0.1) is 0 Å². The fraction of sp³-hybridized carbons (Fsp3) is 0.238. The van der Waals surface area contributed by atoms with Crippen LogP contribution in [-0.4, -0.2) is 43.7 Å². The van der Waals surface area contributed by atoms with Gasteiger partial charge in [0, 0.05) is 31.1 Å². The van der Waals surface area contributed by atoms with Crippen LogP contribution < -0.4 is 10.6 Å². The molecule has 2 aliphatic rings. The van der Waals surface area contributed by atoms with Gasteiger partial charge in [-0.1, -0.05) is 23.7 Å². The number of hydrogen-bond donors (Lipinski definition) is 4. The number of fused-ring (bicyclic) bond motifs is 2. The molecule has 0 radical (unpaired) electrons. The molecule has 0 aliphatic carbocycles. The maximum atomic E-state index is 12.8. The first kappa shape index (κ1) is 19.4. The summed E-state index contributed by atoms with van der Waals surface area (Å²) in [5.41, 5.74) is 3.64. The number of rotatable bonds is 4. The summed E-state index contributed by atoms with van der Waals surface area (Å²) in [7, 11) is 0. The Labute approximate surface area is 181 Å². The number of benzene rings is 2. The van der Waals surface area contributed by atoms with Crippen molar-refractivity contribution in [2.75, 3.05) is 5.32 Å². The summed E-state index contributed by atoms with van der Waals surface area (Å²) in [4.78, 5) is 45.3. The number of aromatic amines is 1. The second-order valence-corrected chi connectivity index (χ2v) is 8.06. The third-order valence-corrected chi connectivity index (χ3v) is 5.90. The molecule has 5 rings (SSSR count). The average Bonchev–Trinajstić information content (AvgIpc) is 3.27. The largest absolute Gasteiger partial charge is 0.506 e. The number of piperidine rings is 1. The number of imide groups is 1. The Morgan fingerprint density at radius 3 is 2.87 bits per heavy atom. The van der Waals surface area contributed by atoms with Crippen molar-refractivity contribution in [1.82, 2.24) is 20.2 Å². The number of aromatic nitrogens is 2. The Morgan fingerprint density at radius 1 is 1.23 bits per heavy atom. The van der Waals surface area contributed by atoms with E-state index in [1.807, 2.05) is 12.1 Å². The smallest absolute Gasteiger partial charge is 0.255 e. The van der Waals surface area contributed by atoms with Crippen LogP contribution in [0.3, 0.4) is 0 Å². The SMILES string of the molecule is O=C1CCC(N2Cc3cc(CNc4nc5cc(O)c(Cl)cc5[nH]4)ccc3C2=O)C(=O)N1. The van der Waals surface area contributed by atoms with Crippen LogP contribution >= 0.6 is 11.6 Å². The fourth-order valence-corrected chi connectivity index (χ4v) is 4.19. The van der Waals surface area contributed by atoms with Crippen molar-refractivity contribution < 1.29 is 19.5 Å². The van der Waals surface area contributed by atoms with E-state index in [1.165, 1.54) is 11.0 Å². The number of anilines is 1. The van der Waals surface area contributed by atoms with Crippen molar-refractivity contribution in [2.24, 2.45) is 0 Å². The zero-order chi connectivity index (χ0) is 21.7. The zero-order valence-electron chi connectivity index (χ0n) is 16.2.